The van der Waals surface area contributed by atoms with Crippen molar-refractivity contribution in [2.24, 2.45) is 5.41 Å². The minimum atomic E-state index is -3.82. The molecule has 1 amide bonds. The molecule has 136 valence electrons. The van der Waals surface area contributed by atoms with Crippen LogP contribution < -0.4 is 10.0 Å². The first-order valence-corrected chi connectivity index (χ1v) is 9.77. The van der Waals surface area contributed by atoms with Gasteiger partial charge in [-0.2, -0.15) is 0 Å². The summed E-state index contributed by atoms with van der Waals surface area (Å²) < 4.78 is 39.4. The highest BCUT2D eigenvalue weighted by Crippen LogP contribution is 2.22. The molecule has 0 unspecified atom stereocenters. The Bertz CT molecular complexity index is 842. The number of rotatable bonds is 6. The highest BCUT2D eigenvalue weighted by molar-refractivity contribution is 7.91. The van der Waals surface area contributed by atoms with Crippen LogP contribution in [0.1, 0.15) is 26.3 Å². The number of hydrogen-bond donors (Lipinski definition) is 2. The van der Waals surface area contributed by atoms with Crippen molar-refractivity contribution >= 4 is 32.4 Å². The Balaban J connectivity index is 1.95. The first kappa shape index (κ1) is 19.4. The number of aromatic nitrogens is 2. The van der Waals surface area contributed by atoms with Gasteiger partial charge in [0, 0.05) is 12.0 Å². The molecule has 25 heavy (non-hydrogen) atoms. The Morgan fingerprint density at radius 3 is 2.44 bits per heavy atom. The number of nitrogens with one attached hydrogen (secondary N) is 2. The van der Waals surface area contributed by atoms with E-state index in [1.54, 1.807) is 32.9 Å². The number of benzene rings is 1. The molecule has 0 aliphatic carbocycles. The fourth-order valence-electron chi connectivity index (χ4n) is 1.70. The van der Waals surface area contributed by atoms with Crippen LogP contribution >= 0.6 is 11.3 Å². The van der Waals surface area contributed by atoms with Crippen molar-refractivity contribution in [3.8, 4) is 0 Å². The molecular weight excluding hydrogens is 367 g/mol. The lowest BCUT2D eigenvalue weighted by atomic mass is 9.96. The van der Waals surface area contributed by atoms with Gasteiger partial charge in [0.2, 0.25) is 15.4 Å². The van der Waals surface area contributed by atoms with E-state index in [2.05, 4.69) is 20.2 Å². The Labute approximate surface area is 149 Å². The number of carbonyl (C=O) groups excluding carboxylic acids is 1. The lowest BCUT2D eigenvalue weighted by molar-refractivity contribution is -0.123. The summed E-state index contributed by atoms with van der Waals surface area (Å²) in [6, 6.07) is 5.82. The van der Waals surface area contributed by atoms with Crippen molar-refractivity contribution in [2.45, 2.75) is 31.5 Å². The second kappa shape index (κ2) is 7.54. The normalized spacial score (nSPS) is 12.2. The average Bonchev–Trinajstić information content (AvgIpc) is 2.97. The second-order valence-corrected chi connectivity index (χ2v) is 9.27. The van der Waals surface area contributed by atoms with E-state index in [0.29, 0.717) is 6.42 Å². The summed E-state index contributed by atoms with van der Waals surface area (Å²) in [5.41, 5.74) is 0.178. The first-order chi connectivity index (χ1) is 11.6. The van der Waals surface area contributed by atoms with Gasteiger partial charge in [-0.15, -0.1) is 10.2 Å². The van der Waals surface area contributed by atoms with Gasteiger partial charge in [0.05, 0.1) is 0 Å². The smallest absolute Gasteiger partial charge is 0.269 e. The summed E-state index contributed by atoms with van der Waals surface area (Å²) in [5.74, 6) is -0.625. The number of amides is 1. The SMILES string of the molecule is CC(C)(C)C(=O)Nc1nnc(S(=O)(=O)NCCc2ccc(F)cc2)s1. The molecule has 0 saturated carbocycles. The standard InChI is InChI=1S/C15H19FN4O3S2/c1-15(2,3)12(21)18-13-19-20-14(24-13)25(22,23)17-9-8-10-4-6-11(16)7-5-10/h4-7,17H,8-9H2,1-3H3,(H,18,19,21). The number of sulfonamides is 1. The molecule has 1 heterocycles. The molecule has 10 heteroatoms. The van der Waals surface area contributed by atoms with Crippen molar-refractivity contribution in [1.29, 1.82) is 0 Å². The third kappa shape index (κ3) is 5.55. The molecule has 2 rings (SSSR count). The van der Waals surface area contributed by atoms with Gasteiger partial charge in [0.25, 0.3) is 10.0 Å². The maximum Gasteiger partial charge on any atom is 0.269 e. The molecule has 2 aromatic rings. The minimum absolute atomic E-state index is 0.124. The molecule has 1 aromatic heterocycles. The van der Waals surface area contributed by atoms with Gasteiger partial charge in [-0.25, -0.2) is 17.5 Å². The quantitative estimate of drug-likeness (QED) is 0.741. The fourth-order valence-corrected chi connectivity index (χ4v) is 3.66. The van der Waals surface area contributed by atoms with Crippen molar-refractivity contribution in [3.63, 3.8) is 0 Å². The van der Waals surface area contributed by atoms with E-state index in [4.69, 9.17) is 0 Å². The van der Waals surface area contributed by atoms with Crippen molar-refractivity contribution in [3.05, 3.63) is 35.6 Å². The van der Waals surface area contributed by atoms with E-state index in [-0.39, 0.29) is 27.7 Å². The molecule has 0 bridgehead atoms. The van der Waals surface area contributed by atoms with E-state index in [0.717, 1.165) is 16.9 Å². The van der Waals surface area contributed by atoms with Gasteiger partial charge in [-0.05, 0) is 24.1 Å². The van der Waals surface area contributed by atoms with E-state index >= 15 is 0 Å². The Morgan fingerprint density at radius 2 is 1.84 bits per heavy atom. The lowest BCUT2D eigenvalue weighted by Crippen LogP contribution is -2.27. The maximum absolute atomic E-state index is 12.8. The van der Waals surface area contributed by atoms with Crippen molar-refractivity contribution in [2.75, 3.05) is 11.9 Å². The summed E-state index contributed by atoms with van der Waals surface area (Å²) in [6.45, 7) is 5.34. The molecule has 2 N–H and O–H groups in total. The van der Waals surface area contributed by atoms with Gasteiger partial charge < -0.3 is 5.32 Å². The molecule has 0 fully saturated rings. The number of hydrogen-bond acceptors (Lipinski definition) is 6. The van der Waals surface area contributed by atoms with Gasteiger partial charge in [0.15, 0.2) is 0 Å². The number of halogens is 1. The maximum atomic E-state index is 12.8. The monoisotopic (exact) mass is 386 g/mol. The zero-order valence-electron chi connectivity index (χ0n) is 14.0. The zero-order chi connectivity index (χ0) is 18.7. The summed E-state index contributed by atoms with van der Waals surface area (Å²) in [4.78, 5) is 11.9. The molecule has 1 aromatic carbocycles. The number of anilines is 1. The first-order valence-electron chi connectivity index (χ1n) is 7.47. The van der Waals surface area contributed by atoms with E-state index in [9.17, 15) is 17.6 Å². The predicted octanol–water partition coefficient (Wildman–Crippen LogP) is 2.18. The number of carbonyl (C=O) groups is 1. The largest absolute Gasteiger partial charge is 0.300 e. The Hall–Kier alpha value is -1.91. The third-order valence-electron chi connectivity index (χ3n) is 3.16. The van der Waals surface area contributed by atoms with E-state index < -0.39 is 15.4 Å². The molecule has 0 aliphatic rings. The van der Waals surface area contributed by atoms with Crippen molar-refractivity contribution in [1.82, 2.24) is 14.9 Å². The van der Waals surface area contributed by atoms with Gasteiger partial charge in [-0.3, -0.25) is 4.79 Å². The van der Waals surface area contributed by atoms with Gasteiger partial charge >= 0.3 is 0 Å². The molecule has 0 radical (unpaired) electrons. The molecule has 0 atom stereocenters. The van der Waals surface area contributed by atoms with E-state index in [1.165, 1.54) is 12.1 Å². The lowest BCUT2D eigenvalue weighted by Gasteiger charge is -2.15. The average molecular weight is 386 g/mol. The zero-order valence-corrected chi connectivity index (χ0v) is 15.7. The van der Waals surface area contributed by atoms with Crippen LogP contribution in [-0.4, -0.2) is 31.1 Å². The van der Waals surface area contributed by atoms with Gasteiger partial charge in [-0.1, -0.05) is 44.2 Å². The van der Waals surface area contributed by atoms with Crippen LogP contribution in [0.25, 0.3) is 0 Å². The molecule has 0 saturated heterocycles. The Kier molecular flexibility index (Phi) is 5.86. The molecule has 7 nitrogen and oxygen atoms in total. The van der Waals surface area contributed by atoms with Crippen LogP contribution in [0.5, 0.6) is 0 Å². The highest BCUT2D eigenvalue weighted by Gasteiger charge is 2.25. The molecular formula is C15H19FN4O3S2. The number of nitrogens with zero attached hydrogens (tertiary/aromatic N) is 2. The van der Waals surface area contributed by atoms with Crippen LogP contribution in [0.2, 0.25) is 0 Å². The van der Waals surface area contributed by atoms with Crippen LogP contribution in [0, 0.1) is 11.2 Å². The third-order valence-corrected chi connectivity index (χ3v) is 5.82. The van der Waals surface area contributed by atoms with Crippen molar-refractivity contribution < 1.29 is 17.6 Å². The van der Waals surface area contributed by atoms with E-state index in [1.807, 2.05) is 0 Å². The molecule has 0 aliphatic heterocycles. The van der Waals surface area contributed by atoms with Crippen LogP contribution in [0.4, 0.5) is 9.52 Å². The van der Waals surface area contributed by atoms with Gasteiger partial charge in [0.1, 0.15) is 5.82 Å². The second-order valence-electron chi connectivity index (χ2n) is 6.35. The predicted molar refractivity (Wildman–Crippen MR) is 93.3 cm³/mol. The minimum Gasteiger partial charge on any atom is -0.300 e. The highest BCUT2D eigenvalue weighted by atomic mass is 32.2. The van der Waals surface area contributed by atoms with Crippen LogP contribution in [-0.2, 0) is 21.2 Å². The summed E-state index contributed by atoms with van der Waals surface area (Å²) in [5, 5.41) is 9.97. The molecule has 0 spiro atoms. The topological polar surface area (TPSA) is 101 Å². The summed E-state index contributed by atoms with van der Waals surface area (Å²) in [7, 11) is -3.82. The fraction of sp³-hybridized carbons (Fsp3) is 0.400. The summed E-state index contributed by atoms with van der Waals surface area (Å²) in [6.07, 6.45) is 0.409. The Morgan fingerprint density at radius 1 is 1.20 bits per heavy atom. The summed E-state index contributed by atoms with van der Waals surface area (Å²) >= 11 is 0.778. The van der Waals surface area contributed by atoms with Crippen LogP contribution in [0.3, 0.4) is 0 Å². The van der Waals surface area contributed by atoms with Crippen LogP contribution in [0.15, 0.2) is 28.6 Å².